The summed E-state index contributed by atoms with van der Waals surface area (Å²) in [5.41, 5.74) is 0.972. The van der Waals surface area contributed by atoms with Crippen molar-refractivity contribution >= 4 is 29.2 Å². The molecule has 0 saturated carbocycles. The van der Waals surface area contributed by atoms with Crippen molar-refractivity contribution in [1.82, 2.24) is 10.2 Å². The summed E-state index contributed by atoms with van der Waals surface area (Å²) in [6.45, 7) is 2.01. The fraction of sp³-hybridized carbons (Fsp3) is 0.308. The zero-order valence-electron chi connectivity index (χ0n) is 9.74. The van der Waals surface area contributed by atoms with Gasteiger partial charge in [-0.05, 0) is 12.1 Å². The van der Waals surface area contributed by atoms with Crippen LogP contribution in [0.4, 0.5) is 0 Å². The predicted octanol–water partition coefficient (Wildman–Crippen LogP) is 2.06. The van der Waals surface area contributed by atoms with Gasteiger partial charge in [0.2, 0.25) is 0 Å². The van der Waals surface area contributed by atoms with Crippen molar-refractivity contribution < 1.29 is 0 Å². The first-order valence-electron chi connectivity index (χ1n) is 5.64. The summed E-state index contributed by atoms with van der Waals surface area (Å²) in [5.74, 6) is 6.82. The SMILES string of the molecule is ClC(Cl)N(CC#Cc1ccccc1)C1=NCCN1. The van der Waals surface area contributed by atoms with Crippen LogP contribution < -0.4 is 5.32 Å². The van der Waals surface area contributed by atoms with Crippen LogP contribution >= 0.6 is 23.2 Å². The molecule has 1 aliphatic rings. The number of benzene rings is 1. The number of rotatable bonds is 2. The zero-order chi connectivity index (χ0) is 12.8. The number of hydrogen-bond acceptors (Lipinski definition) is 3. The number of halogens is 2. The zero-order valence-corrected chi connectivity index (χ0v) is 11.2. The molecule has 0 unspecified atom stereocenters. The maximum atomic E-state index is 5.91. The molecule has 1 heterocycles. The molecule has 3 nitrogen and oxygen atoms in total. The molecule has 0 aromatic heterocycles. The van der Waals surface area contributed by atoms with Gasteiger partial charge in [-0.1, -0.05) is 53.2 Å². The molecule has 5 heteroatoms. The van der Waals surface area contributed by atoms with Crippen molar-refractivity contribution in [2.45, 2.75) is 4.96 Å². The van der Waals surface area contributed by atoms with E-state index in [0.29, 0.717) is 12.5 Å². The summed E-state index contributed by atoms with van der Waals surface area (Å²) in [6.07, 6.45) is 0. The van der Waals surface area contributed by atoms with Gasteiger partial charge >= 0.3 is 0 Å². The van der Waals surface area contributed by atoms with Gasteiger partial charge in [0.15, 0.2) is 10.9 Å². The van der Waals surface area contributed by atoms with E-state index in [4.69, 9.17) is 23.2 Å². The Hall–Kier alpha value is -1.37. The van der Waals surface area contributed by atoms with Gasteiger partial charge in [0.05, 0.1) is 13.1 Å². The average molecular weight is 282 g/mol. The van der Waals surface area contributed by atoms with Gasteiger partial charge in [-0.15, -0.1) is 0 Å². The van der Waals surface area contributed by atoms with E-state index in [1.54, 1.807) is 4.90 Å². The first-order valence-corrected chi connectivity index (χ1v) is 6.51. The number of nitrogens with one attached hydrogen (secondary N) is 1. The number of alkyl halides is 2. The molecule has 0 aliphatic carbocycles. The quantitative estimate of drug-likeness (QED) is 0.511. The second kappa shape index (κ2) is 6.53. The topological polar surface area (TPSA) is 27.6 Å². The van der Waals surface area contributed by atoms with E-state index in [9.17, 15) is 0 Å². The summed E-state index contributed by atoms with van der Waals surface area (Å²) in [4.78, 5) is 5.35. The van der Waals surface area contributed by atoms with Gasteiger partial charge in [0, 0.05) is 12.1 Å². The summed E-state index contributed by atoms with van der Waals surface area (Å²) >= 11 is 11.8. The van der Waals surface area contributed by atoms with Gasteiger partial charge in [-0.2, -0.15) is 0 Å². The number of guanidine groups is 1. The maximum Gasteiger partial charge on any atom is 0.197 e. The molecule has 1 aromatic carbocycles. The predicted molar refractivity (Wildman–Crippen MR) is 75.8 cm³/mol. The van der Waals surface area contributed by atoms with Crippen LogP contribution in [0.25, 0.3) is 0 Å². The Bertz CT molecular complexity index is 474. The molecule has 0 saturated heterocycles. The lowest BCUT2D eigenvalue weighted by Crippen LogP contribution is -2.41. The van der Waals surface area contributed by atoms with Crippen LogP contribution in [-0.2, 0) is 0 Å². The van der Waals surface area contributed by atoms with Gasteiger partial charge in [0.25, 0.3) is 0 Å². The van der Waals surface area contributed by atoms with Crippen LogP contribution in [0.3, 0.4) is 0 Å². The van der Waals surface area contributed by atoms with Crippen molar-refractivity contribution in [3.05, 3.63) is 35.9 Å². The monoisotopic (exact) mass is 281 g/mol. The van der Waals surface area contributed by atoms with Crippen molar-refractivity contribution in [2.24, 2.45) is 4.99 Å². The first-order chi connectivity index (χ1) is 8.77. The normalized spacial score (nSPS) is 13.6. The lowest BCUT2D eigenvalue weighted by molar-refractivity contribution is 0.499. The van der Waals surface area contributed by atoms with Crippen molar-refractivity contribution in [1.29, 1.82) is 0 Å². The summed E-state index contributed by atoms with van der Waals surface area (Å²) in [7, 11) is 0. The van der Waals surface area contributed by atoms with Crippen LogP contribution in [0.15, 0.2) is 35.3 Å². The summed E-state index contributed by atoms with van der Waals surface area (Å²) in [6, 6.07) is 9.79. The largest absolute Gasteiger partial charge is 0.354 e. The van der Waals surface area contributed by atoms with Crippen LogP contribution in [0, 0.1) is 11.8 Å². The molecule has 0 amide bonds. The minimum atomic E-state index is -0.653. The second-order valence-corrected chi connectivity index (χ2v) is 4.76. The van der Waals surface area contributed by atoms with Gasteiger partial charge in [-0.3, -0.25) is 4.99 Å². The lowest BCUT2D eigenvalue weighted by Gasteiger charge is -2.22. The Labute approximate surface area is 117 Å². The molecule has 1 aliphatic heterocycles. The Morgan fingerprint density at radius 2 is 2.11 bits per heavy atom. The molecule has 1 N–H and O–H groups in total. The third-order valence-electron chi connectivity index (χ3n) is 2.42. The molecular formula is C13H13Cl2N3. The van der Waals surface area contributed by atoms with Crippen molar-refractivity contribution in [3.63, 3.8) is 0 Å². The molecule has 0 atom stereocenters. The molecule has 18 heavy (non-hydrogen) atoms. The third kappa shape index (κ3) is 3.56. The Morgan fingerprint density at radius 3 is 2.72 bits per heavy atom. The van der Waals surface area contributed by atoms with Gasteiger partial charge in [0.1, 0.15) is 0 Å². The fourth-order valence-electron chi connectivity index (χ4n) is 1.56. The van der Waals surface area contributed by atoms with Crippen LogP contribution in [0.5, 0.6) is 0 Å². The Balaban J connectivity index is 2.00. The van der Waals surface area contributed by atoms with Crippen LogP contribution in [0.2, 0.25) is 0 Å². The molecule has 0 spiro atoms. The van der Waals surface area contributed by atoms with E-state index in [-0.39, 0.29) is 0 Å². The van der Waals surface area contributed by atoms with E-state index in [0.717, 1.165) is 18.7 Å². The minimum absolute atomic E-state index is 0.443. The smallest absolute Gasteiger partial charge is 0.197 e. The van der Waals surface area contributed by atoms with E-state index >= 15 is 0 Å². The molecule has 2 rings (SSSR count). The van der Waals surface area contributed by atoms with Crippen molar-refractivity contribution in [3.8, 4) is 11.8 Å². The maximum absolute atomic E-state index is 5.91. The number of aliphatic imine (C=N–C) groups is 1. The van der Waals surface area contributed by atoms with Crippen molar-refractivity contribution in [2.75, 3.05) is 19.6 Å². The minimum Gasteiger partial charge on any atom is -0.354 e. The van der Waals surface area contributed by atoms with E-state index in [1.807, 2.05) is 30.3 Å². The van der Waals surface area contributed by atoms with Gasteiger partial charge in [-0.25, -0.2) is 0 Å². The van der Waals surface area contributed by atoms with Gasteiger partial charge < -0.3 is 10.2 Å². The number of nitrogens with zero attached hydrogens (tertiary/aromatic N) is 2. The lowest BCUT2D eigenvalue weighted by atomic mass is 10.2. The Morgan fingerprint density at radius 1 is 1.33 bits per heavy atom. The highest BCUT2D eigenvalue weighted by molar-refractivity contribution is 6.44. The Kier molecular flexibility index (Phi) is 4.74. The molecule has 0 fully saturated rings. The molecule has 0 radical (unpaired) electrons. The first kappa shape index (κ1) is 13.1. The second-order valence-electron chi connectivity index (χ2n) is 3.71. The average Bonchev–Trinajstić information content (AvgIpc) is 2.89. The highest BCUT2D eigenvalue weighted by atomic mass is 35.5. The number of hydrogen-bond donors (Lipinski definition) is 1. The van der Waals surface area contributed by atoms with E-state index < -0.39 is 4.96 Å². The fourth-order valence-corrected chi connectivity index (χ4v) is 1.89. The van der Waals surface area contributed by atoms with Crippen LogP contribution in [0.1, 0.15) is 5.56 Å². The molecule has 0 bridgehead atoms. The molecule has 94 valence electrons. The standard InChI is InChI=1S/C13H13Cl2N3/c14-12(15)18(13-16-8-9-17-13)10-4-7-11-5-2-1-3-6-11/h1-3,5-6,12H,8-10H2,(H,16,17). The molecular weight excluding hydrogens is 269 g/mol. The summed E-state index contributed by atoms with van der Waals surface area (Å²) in [5, 5.41) is 3.13. The van der Waals surface area contributed by atoms with E-state index in [2.05, 4.69) is 22.2 Å². The highest BCUT2D eigenvalue weighted by Crippen LogP contribution is 2.10. The molecule has 1 aromatic rings. The highest BCUT2D eigenvalue weighted by Gasteiger charge is 2.18. The third-order valence-corrected chi connectivity index (χ3v) is 2.89. The van der Waals surface area contributed by atoms with E-state index in [1.165, 1.54) is 0 Å². The van der Waals surface area contributed by atoms with Crippen LogP contribution in [-0.4, -0.2) is 35.5 Å². The summed E-state index contributed by atoms with van der Waals surface area (Å²) < 4.78 is 0.